The maximum atomic E-state index is 13.1. The number of nitrogens with one attached hydrogen (secondary N) is 2. The number of allylic oxidation sites excluding steroid dienone is 2. The van der Waals surface area contributed by atoms with Crippen molar-refractivity contribution in [3.05, 3.63) is 35.7 Å². The molecule has 0 saturated heterocycles. The highest BCUT2D eigenvalue weighted by molar-refractivity contribution is 7.62. The second kappa shape index (κ2) is 8.34. The van der Waals surface area contributed by atoms with E-state index in [1.165, 1.54) is 6.07 Å². The summed E-state index contributed by atoms with van der Waals surface area (Å²) >= 11 is 0. The van der Waals surface area contributed by atoms with Gasteiger partial charge in [-0.25, -0.2) is 0 Å². The molecule has 0 amide bonds. The molecule has 0 unspecified atom stereocenters. The van der Waals surface area contributed by atoms with Crippen molar-refractivity contribution in [3.8, 4) is 18.2 Å². The Morgan fingerprint density at radius 2 is 1.81 bits per heavy atom. The summed E-state index contributed by atoms with van der Waals surface area (Å²) in [6, 6.07) is 10.1. The Bertz CT molecular complexity index is 994. The van der Waals surface area contributed by atoms with Crippen LogP contribution in [0.3, 0.4) is 0 Å². The van der Waals surface area contributed by atoms with Gasteiger partial charge >= 0.3 is 7.60 Å². The number of hydrogen-bond acceptors (Lipinski definition) is 7. The normalized spacial score (nSPS) is 10.6. The van der Waals surface area contributed by atoms with Gasteiger partial charge in [-0.05, 0) is 32.0 Å². The molecule has 2 N–H and O–H groups in total. The van der Waals surface area contributed by atoms with Crippen molar-refractivity contribution in [1.82, 2.24) is 4.98 Å². The predicted molar refractivity (Wildman–Crippen MR) is 96.3 cm³/mol. The fourth-order valence-electron chi connectivity index (χ4n) is 2.36. The van der Waals surface area contributed by atoms with E-state index in [1.807, 2.05) is 0 Å². The minimum Gasteiger partial charge on any atom is -0.361 e. The summed E-state index contributed by atoms with van der Waals surface area (Å²) in [6.45, 7) is 3.81. The number of rotatable bonds is 7. The van der Waals surface area contributed by atoms with E-state index in [0.29, 0.717) is 21.9 Å². The molecule has 1 aromatic heterocycles. The minimum atomic E-state index is -3.56. The standard InChI is InChI=1S/C17H16N5O3P/c1-3-24-26(23,25-4-2)13-7-15-14(5-6-21-15)16(8-13)22-17(11-20)12(9-18)10-19/h5-8,21-22H,3-4H2,1-2H3. The van der Waals surface area contributed by atoms with Crippen LogP contribution in [-0.4, -0.2) is 18.2 Å². The van der Waals surface area contributed by atoms with E-state index in [4.69, 9.17) is 19.6 Å². The van der Waals surface area contributed by atoms with E-state index in [2.05, 4.69) is 10.3 Å². The van der Waals surface area contributed by atoms with Gasteiger partial charge in [-0.1, -0.05) is 0 Å². The number of aromatic amines is 1. The van der Waals surface area contributed by atoms with Crippen LogP contribution in [-0.2, 0) is 13.6 Å². The van der Waals surface area contributed by atoms with Gasteiger partial charge in [-0.2, -0.15) is 15.8 Å². The average molecular weight is 369 g/mol. The first-order valence-electron chi connectivity index (χ1n) is 7.75. The molecular formula is C17H16N5O3P. The zero-order valence-corrected chi connectivity index (χ0v) is 15.1. The number of nitrogens with zero attached hydrogens (tertiary/aromatic N) is 3. The molecule has 0 radical (unpaired) electrons. The second-order valence-electron chi connectivity index (χ2n) is 4.98. The number of aromatic nitrogens is 1. The zero-order chi connectivity index (χ0) is 19.2. The fourth-order valence-corrected chi connectivity index (χ4v) is 3.98. The van der Waals surface area contributed by atoms with Crippen LogP contribution < -0.4 is 10.6 Å². The van der Waals surface area contributed by atoms with Crippen molar-refractivity contribution in [1.29, 1.82) is 15.8 Å². The number of anilines is 1. The van der Waals surface area contributed by atoms with Crippen LogP contribution in [0.4, 0.5) is 5.69 Å². The van der Waals surface area contributed by atoms with Gasteiger partial charge in [-0.3, -0.25) is 4.57 Å². The monoisotopic (exact) mass is 369 g/mol. The van der Waals surface area contributed by atoms with E-state index in [9.17, 15) is 9.83 Å². The third kappa shape index (κ3) is 3.77. The lowest BCUT2D eigenvalue weighted by Gasteiger charge is -2.18. The summed E-state index contributed by atoms with van der Waals surface area (Å²) in [4.78, 5) is 3.00. The molecule has 0 spiro atoms. The van der Waals surface area contributed by atoms with Crippen LogP contribution in [0.25, 0.3) is 10.9 Å². The lowest BCUT2D eigenvalue weighted by molar-refractivity contribution is 0.230. The predicted octanol–water partition coefficient (Wildman–Crippen LogP) is 3.30. The van der Waals surface area contributed by atoms with Crippen LogP contribution in [0.1, 0.15) is 13.8 Å². The molecular weight excluding hydrogens is 353 g/mol. The number of benzene rings is 1. The van der Waals surface area contributed by atoms with Gasteiger partial charge in [0.1, 0.15) is 23.9 Å². The number of nitriles is 3. The smallest absolute Gasteiger partial charge is 0.361 e. The molecule has 132 valence electrons. The number of H-pyrrole nitrogens is 1. The first-order chi connectivity index (χ1) is 12.5. The highest BCUT2D eigenvalue weighted by Crippen LogP contribution is 2.48. The summed E-state index contributed by atoms with van der Waals surface area (Å²) in [5.74, 6) is 0. The van der Waals surface area contributed by atoms with Crippen molar-refractivity contribution < 1.29 is 13.6 Å². The molecule has 9 heteroatoms. The Morgan fingerprint density at radius 3 is 2.35 bits per heavy atom. The SMILES string of the molecule is CCOP(=O)(OCC)c1cc(NC(C#N)=C(C#N)C#N)c2cc[nH]c2c1. The summed E-state index contributed by atoms with van der Waals surface area (Å²) < 4.78 is 23.8. The van der Waals surface area contributed by atoms with Crippen molar-refractivity contribution in [2.24, 2.45) is 0 Å². The van der Waals surface area contributed by atoms with Gasteiger partial charge in [0, 0.05) is 22.8 Å². The third-order valence-corrected chi connectivity index (χ3v) is 5.50. The molecule has 0 aliphatic carbocycles. The van der Waals surface area contributed by atoms with Crippen molar-refractivity contribution in [2.45, 2.75) is 13.8 Å². The quantitative estimate of drug-likeness (QED) is 0.564. The molecule has 0 fully saturated rings. The van der Waals surface area contributed by atoms with E-state index in [-0.39, 0.29) is 24.5 Å². The van der Waals surface area contributed by atoms with Gasteiger partial charge in [0.05, 0.1) is 18.5 Å². The molecule has 0 bridgehead atoms. The Labute approximate surface area is 150 Å². The van der Waals surface area contributed by atoms with Crippen LogP contribution >= 0.6 is 7.60 Å². The van der Waals surface area contributed by atoms with Crippen LogP contribution in [0.5, 0.6) is 0 Å². The van der Waals surface area contributed by atoms with Gasteiger partial charge < -0.3 is 19.3 Å². The molecule has 0 aliphatic rings. The maximum Gasteiger partial charge on any atom is 0.361 e. The van der Waals surface area contributed by atoms with E-state index in [1.54, 1.807) is 50.4 Å². The molecule has 1 heterocycles. The van der Waals surface area contributed by atoms with Crippen LogP contribution in [0.15, 0.2) is 35.7 Å². The number of fused-ring (bicyclic) bond motifs is 1. The summed E-state index contributed by atoms with van der Waals surface area (Å²) in [5, 5.41) is 31.0. The van der Waals surface area contributed by atoms with Gasteiger partial charge in [0.25, 0.3) is 0 Å². The molecule has 0 atom stereocenters. The zero-order valence-electron chi connectivity index (χ0n) is 14.2. The van der Waals surface area contributed by atoms with E-state index < -0.39 is 7.60 Å². The molecule has 26 heavy (non-hydrogen) atoms. The van der Waals surface area contributed by atoms with Crippen molar-refractivity contribution in [2.75, 3.05) is 18.5 Å². The Kier molecular flexibility index (Phi) is 6.17. The topological polar surface area (TPSA) is 135 Å². The maximum absolute atomic E-state index is 13.1. The fraction of sp³-hybridized carbons (Fsp3) is 0.235. The van der Waals surface area contributed by atoms with Crippen LogP contribution in [0.2, 0.25) is 0 Å². The molecule has 0 aliphatic heterocycles. The highest BCUT2D eigenvalue weighted by atomic mass is 31.2. The summed E-state index contributed by atoms with van der Waals surface area (Å²) in [7, 11) is -3.56. The molecule has 1 aromatic carbocycles. The van der Waals surface area contributed by atoms with Gasteiger partial charge in [-0.15, -0.1) is 0 Å². The van der Waals surface area contributed by atoms with Gasteiger partial charge in [0.15, 0.2) is 5.57 Å². The summed E-state index contributed by atoms with van der Waals surface area (Å²) in [5.41, 5.74) is 0.493. The minimum absolute atomic E-state index is 0.194. The Hall–Kier alpha value is -3.08. The molecule has 0 saturated carbocycles. The lowest BCUT2D eigenvalue weighted by atomic mass is 10.2. The first kappa shape index (κ1) is 19.2. The summed E-state index contributed by atoms with van der Waals surface area (Å²) in [6.07, 6.45) is 1.68. The van der Waals surface area contributed by atoms with Crippen molar-refractivity contribution >= 4 is 29.5 Å². The van der Waals surface area contributed by atoms with Gasteiger partial charge in [0.2, 0.25) is 0 Å². The van der Waals surface area contributed by atoms with Crippen molar-refractivity contribution in [3.63, 3.8) is 0 Å². The Morgan fingerprint density at radius 1 is 1.15 bits per heavy atom. The van der Waals surface area contributed by atoms with E-state index >= 15 is 0 Å². The van der Waals surface area contributed by atoms with E-state index in [0.717, 1.165) is 0 Å². The number of hydrogen-bond donors (Lipinski definition) is 2. The molecule has 8 nitrogen and oxygen atoms in total. The molecule has 2 aromatic rings. The lowest BCUT2D eigenvalue weighted by Crippen LogP contribution is -2.12. The highest BCUT2D eigenvalue weighted by Gasteiger charge is 2.28. The third-order valence-electron chi connectivity index (χ3n) is 3.41. The largest absolute Gasteiger partial charge is 0.361 e. The first-order valence-corrected chi connectivity index (χ1v) is 9.29. The second-order valence-corrected chi connectivity index (χ2v) is 7.00. The van der Waals surface area contributed by atoms with Crippen LogP contribution in [0, 0.1) is 34.0 Å². The Balaban J connectivity index is 2.65. The molecule has 2 rings (SSSR count). The average Bonchev–Trinajstić information content (AvgIpc) is 3.11.